The standard InChI is InChI=1S/C17H12Cl2N4O3/c1-10-13(18)3-2-4-15(10)21-9-11(8-20)17(24)22-16-7-12(23(25)26)5-6-14(16)19/h2-7,9,21H,1H3,(H,22,24)/b11-9-. The maximum atomic E-state index is 12.3. The minimum Gasteiger partial charge on any atom is -0.360 e. The Morgan fingerprint density at radius 3 is 2.62 bits per heavy atom. The number of nitro benzene ring substituents is 1. The van der Waals surface area contributed by atoms with E-state index >= 15 is 0 Å². The van der Waals surface area contributed by atoms with Gasteiger partial charge in [-0.25, -0.2) is 0 Å². The highest BCUT2D eigenvalue weighted by Gasteiger charge is 2.15. The van der Waals surface area contributed by atoms with Crippen LogP contribution in [-0.2, 0) is 4.79 Å². The molecule has 0 saturated carbocycles. The van der Waals surface area contributed by atoms with Crippen LogP contribution >= 0.6 is 23.2 Å². The summed E-state index contributed by atoms with van der Waals surface area (Å²) in [4.78, 5) is 22.5. The van der Waals surface area contributed by atoms with E-state index in [0.717, 1.165) is 11.6 Å². The average Bonchev–Trinajstić information content (AvgIpc) is 2.60. The fraction of sp³-hybridized carbons (Fsp3) is 0.0588. The molecule has 0 aliphatic carbocycles. The highest BCUT2D eigenvalue weighted by Crippen LogP contribution is 2.27. The highest BCUT2D eigenvalue weighted by molar-refractivity contribution is 6.34. The Bertz CT molecular complexity index is 952. The number of amides is 1. The van der Waals surface area contributed by atoms with E-state index in [-0.39, 0.29) is 22.0 Å². The number of nitrogens with one attached hydrogen (secondary N) is 2. The van der Waals surface area contributed by atoms with Gasteiger partial charge in [-0.15, -0.1) is 0 Å². The van der Waals surface area contributed by atoms with Crippen LogP contribution in [0.25, 0.3) is 0 Å². The Kier molecular flexibility index (Phi) is 6.17. The number of carbonyl (C=O) groups excluding carboxylic acids is 1. The van der Waals surface area contributed by atoms with Crippen molar-refractivity contribution in [3.05, 3.63) is 73.9 Å². The highest BCUT2D eigenvalue weighted by atomic mass is 35.5. The molecular weight excluding hydrogens is 379 g/mol. The summed E-state index contributed by atoms with van der Waals surface area (Å²) < 4.78 is 0. The Morgan fingerprint density at radius 2 is 1.96 bits per heavy atom. The van der Waals surface area contributed by atoms with Crippen molar-refractivity contribution >= 4 is 46.2 Å². The van der Waals surface area contributed by atoms with Gasteiger partial charge in [0.05, 0.1) is 15.6 Å². The van der Waals surface area contributed by atoms with Gasteiger partial charge in [0.1, 0.15) is 11.6 Å². The quantitative estimate of drug-likeness (QED) is 0.333. The molecule has 0 spiro atoms. The molecule has 0 heterocycles. The summed E-state index contributed by atoms with van der Waals surface area (Å²) in [5.74, 6) is -0.762. The molecule has 1 amide bonds. The molecule has 0 saturated heterocycles. The van der Waals surface area contributed by atoms with E-state index in [1.165, 1.54) is 18.3 Å². The van der Waals surface area contributed by atoms with E-state index in [4.69, 9.17) is 23.2 Å². The molecule has 2 N–H and O–H groups in total. The van der Waals surface area contributed by atoms with Crippen molar-refractivity contribution in [1.82, 2.24) is 0 Å². The molecule has 9 heteroatoms. The number of halogens is 2. The summed E-state index contributed by atoms with van der Waals surface area (Å²) in [6.07, 6.45) is 1.22. The first-order valence-electron chi connectivity index (χ1n) is 7.20. The second-order valence-electron chi connectivity index (χ2n) is 5.10. The van der Waals surface area contributed by atoms with Crippen molar-refractivity contribution in [1.29, 1.82) is 5.26 Å². The van der Waals surface area contributed by atoms with Crippen molar-refractivity contribution in [2.45, 2.75) is 6.92 Å². The number of nitrogens with zero attached hydrogens (tertiary/aromatic N) is 2. The van der Waals surface area contributed by atoms with Crippen LogP contribution < -0.4 is 10.6 Å². The predicted octanol–water partition coefficient (Wildman–Crippen LogP) is 4.67. The minimum atomic E-state index is -0.762. The van der Waals surface area contributed by atoms with Crippen LogP contribution in [0, 0.1) is 28.4 Å². The van der Waals surface area contributed by atoms with Crippen LogP contribution in [0.3, 0.4) is 0 Å². The Hall–Kier alpha value is -3.08. The zero-order valence-corrected chi connectivity index (χ0v) is 14.9. The molecule has 2 aromatic carbocycles. The lowest BCUT2D eigenvalue weighted by Crippen LogP contribution is -2.15. The first-order valence-corrected chi connectivity index (χ1v) is 7.96. The summed E-state index contributed by atoms with van der Waals surface area (Å²) in [5.41, 5.74) is 0.939. The molecule has 0 aliphatic rings. The van der Waals surface area contributed by atoms with E-state index in [2.05, 4.69) is 10.6 Å². The van der Waals surface area contributed by atoms with Gasteiger partial charge in [0.15, 0.2) is 0 Å². The van der Waals surface area contributed by atoms with Gasteiger partial charge in [-0.05, 0) is 30.7 Å². The molecule has 0 bridgehead atoms. The van der Waals surface area contributed by atoms with Gasteiger partial charge in [0.2, 0.25) is 0 Å². The third-order valence-electron chi connectivity index (χ3n) is 3.41. The predicted molar refractivity (Wildman–Crippen MR) is 100 cm³/mol. The zero-order valence-electron chi connectivity index (χ0n) is 13.4. The molecule has 0 unspecified atom stereocenters. The maximum Gasteiger partial charge on any atom is 0.271 e. The van der Waals surface area contributed by atoms with Gasteiger partial charge in [-0.3, -0.25) is 14.9 Å². The lowest BCUT2D eigenvalue weighted by molar-refractivity contribution is -0.384. The normalized spacial score (nSPS) is 10.8. The van der Waals surface area contributed by atoms with E-state index in [1.54, 1.807) is 31.2 Å². The largest absolute Gasteiger partial charge is 0.360 e. The van der Waals surface area contributed by atoms with Crippen LogP contribution in [-0.4, -0.2) is 10.8 Å². The number of hydrogen-bond donors (Lipinski definition) is 2. The molecular formula is C17H12Cl2N4O3. The van der Waals surface area contributed by atoms with Crippen molar-refractivity contribution in [3.63, 3.8) is 0 Å². The topological polar surface area (TPSA) is 108 Å². The first kappa shape index (κ1) is 19.2. The molecule has 0 aromatic heterocycles. The Labute approximate surface area is 159 Å². The lowest BCUT2D eigenvalue weighted by atomic mass is 10.2. The lowest BCUT2D eigenvalue weighted by Gasteiger charge is -2.09. The molecule has 0 fully saturated rings. The van der Waals surface area contributed by atoms with Crippen molar-refractivity contribution < 1.29 is 9.72 Å². The Morgan fingerprint density at radius 1 is 1.23 bits per heavy atom. The van der Waals surface area contributed by atoms with Crippen molar-refractivity contribution in [3.8, 4) is 6.07 Å². The average molecular weight is 391 g/mol. The van der Waals surface area contributed by atoms with Crippen LogP contribution in [0.1, 0.15) is 5.56 Å². The van der Waals surface area contributed by atoms with E-state index in [0.29, 0.717) is 10.7 Å². The monoisotopic (exact) mass is 390 g/mol. The molecule has 7 nitrogen and oxygen atoms in total. The third-order valence-corrected chi connectivity index (χ3v) is 4.15. The second-order valence-corrected chi connectivity index (χ2v) is 5.92. The number of nitriles is 1. The van der Waals surface area contributed by atoms with E-state index in [9.17, 15) is 20.2 Å². The number of anilines is 2. The summed E-state index contributed by atoms with van der Waals surface area (Å²) in [6, 6.07) is 10.6. The number of hydrogen-bond acceptors (Lipinski definition) is 5. The number of benzene rings is 2. The van der Waals surface area contributed by atoms with Crippen LogP contribution in [0.4, 0.5) is 17.1 Å². The molecule has 132 valence electrons. The zero-order chi connectivity index (χ0) is 19.3. The fourth-order valence-electron chi connectivity index (χ4n) is 1.97. The van der Waals surface area contributed by atoms with Crippen LogP contribution in [0.5, 0.6) is 0 Å². The summed E-state index contributed by atoms with van der Waals surface area (Å²) in [7, 11) is 0. The molecule has 26 heavy (non-hydrogen) atoms. The van der Waals surface area contributed by atoms with Crippen molar-refractivity contribution in [2.24, 2.45) is 0 Å². The molecule has 2 aromatic rings. The molecule has 0 atom stereocenters. The molecule has 2 rings (SSSR count). The first-order chi connectivity index (χ1) is 12.3. The molecule has 0 aliphatic heterocycles. The van der Waals surface area contributed by atoms with Gasteiger partial charge in [0, 0.05) is 29.0 Å². The number of non-ortho nitro benzene ring substituents is 1. The van der Waals surface area contributed by atoms with E-state index in [1.807, 2.05) is 0 Å². The fourth-order valence-corrected chi connectivity index (χ4v) is 2.31. The number of carbonyl (C=O) groups is 1. The van der Waals surface area contributed by atoms with Gasteiger partial charge in [-0.2, -0.15) is 5.26 Å². The smallest absolute Gasteiger partial charge is 0.271 e. The van der Waals surface area contributed by atoms with Crippen LogP contribution in [0.15, 0.2) is 48.2 Å². The summed E-state index contributed by atoms with van der Waals surface area (Å²) >= 11 is 12.0. The second kappa shape index (κ2) is 8.34. The van der Waals surface area contributed by atoms with E-state index < -0.39 is 10.8 Å². The molecule has 0 radical (unpaired) electrons. The van der Waals surface area contributed by atoms with Gasteiger partial charge >= 0.3 is 0 Å². The summed E-state index contributed by atoms with van der Waals surface area (Å²) in [5, 5.41) is 25.9. The van der Waals surface area contributed by atoms with Crippen LogP contribution in [0.2, 0.25) is 10.0 Å². The Balaban J connectivity index is 2.21. The number of nitro groups is 1. The van der Waals surface area contributed by atoms with Crippen molar-refractivity contribution in [2.75, 3.05) is 10.6 Å². The van der Waals surface area contributed by atoms with Gasteiger partial charge in [0.25, 0.3) is 11.6 Å². The number of rotatable bonds is 5. The van der Waals surface area contributed by atoms with Gasteiger partial charge < -0.3 is 10.6 Å². The van der Waals surface area contributed by atoms with Gasteiger partial charge in [-0.1, -0.05) is 29.3 Å². The maximum absolute atomic E-state index is 12.3. The minimum absolute atomic E-state index is 0.0333. The third kappa shape index (κ3) is 4.51. The SMILES string of the molecule is Cc1c(Cl)cccc1N/C=C(/C#N)C(=O)Nc1cc([N+](=O)[O-])ccc1Cl. The summed E-state index contributed by atoms with van der Waals surface area (Å²) in [6.45, 7) is 1.79.